The molecule has 18 heavy (non-hydrogen) atoms. The van der Waals surface area contributed by atoms with Crippen LogP contribution in [-0.2, 0) is 0 Å². The van der Waals surface area contributed by atoms with E-state index >= 15 is 0 Å². The summed E-state index contributed by atoms with van der Waals surface area (Å²) in [4.78, 5) is 19.0. The number of hydrogen-bond donors (Lipinski definition) is 3. The number of amides is 1. The van der Waals surface area contributed by atoms with Gasteiger partial charge in [-0.05, 0) is 24.3 Å². The SMILES string of the molecule is Nc1ccc2[nH]c(C(=O)Nc3nccs3)cc2c1. The van der Waals surface area contributed by atoms with Crippen LogP contribution in [0.5, 0.6) is 0 Å². The van der Waals surface area contributed by atoms with E-state index in [9.17, 15) is 4.79 Å². The van der Waals surface area contributed by atoms with Crippen LogP contribution in [0.4, 0.5) is 10.8 Å². The number of carbonyl (C=O) groups excluding carboxylic acids is 1. The van der Waals surface area contributed by atoms with Crippen LogP contribution in [0.3, 0.4) is 0 Å². The molecule has 0 spiro atoms. The highest BCUT2D eigenvalue weighted by Gasteiger charge is 2.10. The third-order valence-corrected chi connectivity index (χ3v) is 3.23. The summed E-state index contributed by atoms with van der Waals surface area (Å²) in [5.74, 6) is -0.209. The molecule has 0 aliphatic heterocycles. The standard InChI is InChI=1S/C12H10N4OS/c13-8-1-2-9-7(5-8)6-10(15-9)11(17)16-12-14-3-4-18-12/h1-6,15H,13H2,(H,14,16,17). The van der Waals surface area contributed by atoms with Crippen molar-refractivity contribution in [2.24, 2.45) is 0 Å². The number of aromatic nitrogens is 2. The molecule has 2 aromatic heterocycles. The first kappa shape index (κ1) is 10.8. The Morgan fingerprint density at radius 3 is 3.06 bits per heavy atom. The highest BCUT2D eigenvalue weighted by molar-refractivity contribution is 7.13. The minimum absolute atomic E-state index is 0.209. The van der Waals surface area contributed by atoms with Crippen molar-refractivity contribution in [1.82, 2.24) is 9.97 Å². The summed E-state index contributed by atoms with van der Waals surface area (Å²) in [6.45, 7) is 0. The number of carbonyl (C=O) groups is 1. The molecule has 1 aromatic carbocycles. The molecule has 0 atom stereocenters. The molecule has 0 radical (unpaired) electrons. The van der Waals surface area contributed by atoms with Gasteiger partial charge in [0.05, 0.1) is 0 Å². The lowest BCUT2D eigenvalue weighted by Gasteiger charge is -1.97. The van der Waals surface area contributed by atoms with Crippen LogP contribution < -0.4 is 11.1 Å². The first-order valence-corrected chi connectivity index (χ1v) is 6.19. The summed E-state index contributed by atoms with van der Waals surface area (Å²) in [7, 11) is 0. The molecule has 5 nitrogen and oxygen atoms in total. The zero-order valence-electron chi connectivity index (χ0n) is 9.31. The topological polar surface area (TPSA) is 83.8 Å². The van der Waals surface area contributed by atoms with Gasteiger partial charge in [-0.25, -0.2) is 4.98 Å². The average Bonchev–Trinajstić information content (AvgIpc) is 2.96. The van der Waals surface area contributed by atoms with Crippen LogP contribution in [0.2, 0.25) is 0 Å². The zero-order valence-corrected chi connectivity index (χ0v) is 10.1. The molecule has 0 fully saturated rings. The Kier molecular flexibility index (Phi) is 2.49. The van der Waals surface area contributed by atoms with E-state index in [1.165, 1.54) is 11.3 Å². The number of nitrogens with two attached hydrogens (primary N) is 1. The van der Waals surface area contributed by atoms with Crippen LogP contribution in [0, 0.1) is 0 Å². The van der Waals surface area contributed by atoms with Crippen LogP contribution >= 0.6 is 11.3 Å². The Hall–Kier alpha value is -2.34. The maximum Gasteiger partial charge on any atom is 0.273 e. The molecule has 0 aliphatic rings. The van der Waals surface area contributed by atoms with Gasteiger partial charge in [0.1, 0.15) is 5.69 Å². The van der Waals surface area contributed by atoms with Crippen molar-refractivity contribution in [2.75, 3.05) is 11.1 Å². The average molecular weight is 258 g/mol. The Balaban J connectivity index is 1.92. The third kappa shape index (κ3) is 1.93. The molecule has 0 saturated carbocycles. The van der Waals surface area contributed by atoms with Crippen molar-refractivity contribution in [3.8, 4) is 0 Å². The molecule has 1 amide bonds. The normalized spacial score (nSPS) is 10.7. The lowest BCUT2D eigenvalue weighted by Crippen LogP contribution is -2.11. The second-order valence-electron chi connectivity index (χ2n) is 3.82. The number of anilines is 2. The largest absolute Gasteiger partial charge is 0.399 e. The smallest absolute Gasteiger partial charge is 0.273 e. The molecule has 90 valence electrons. The van der Waals surface area contributed by atoms with Gasteiger partial charge in [0.25, 0.3) is 5.91 Å². The minimum atomic E-state index is -0.209. The van der Waals surface area contributed by atoms with Gasteiger partial charge in [-0.2, -0.15) is 0 Å². The fraction of sp³-hybridized carbons (Fsp3) is 0. The van der Waals surface area contributed by atoms with Gasteiger partial charge in [-0.3, -0.25) is 10.1 Å². The molecule has 0 unspecified atom stereocenters. The van der Waals surface area contributed by atoms with E-state index in [1.54, 1.807) is 18.3 Å². The van der Waals surface area contributed by atoms with Crippen molar-refractivity contribution in [3.05, 3.63) is 41.5 Å². The highest BCUT2D eigenvalue weighted by Crippen LogP contribution is 2.19. The fourth-order valence-corrected chi connectivity index (χ4v) is 2.25. The zero-order chi connectivity index (χ0) is 12.5. The Morgan fingerprint density at radius 2 is 2.28 bits per heavy atom. The number of nitrogens with zero attached hydrogens (tertiary/aromatic N) is 1. The van der Waals surface area contributed by atoms with Crippen molar-refractivity contribution in [3.63, 3.8) is 0 Å². The number of hydrogen-bond acceptors (Lipinski definition) is 4. The number of nitrogen functional groups attached to an aromatic ring is 1. The molecule has 0 bridgehead atoms. The summed E-state index contributed by atoms with van der Waals surface area (Å²) in [6, 6.07) is 7.24. The van der Waals surface area contributed by atoms with Crippen molar-refractivity contribution in [2.45, 2.75) is 0 Å². The second-order valence-corrected chi connectivity index (χ2v) is 4.72. The molecule has 2 heterocycles. The van der Waals surface area contributed by atoms with Gasteiger partial charge in [0.15, 0.2) is 5.13 Å². The van der Waals surface area contributed by atoms with Gasteiger partial charge < -0.3 is 10.7 Å². The first-order valence-electron chi connectivity index (χ1n) is 5.31. The highest BCUT2D eigenvalue weighted by atomic mass is 32.1. The number of benzene rings is 1. The van der Waals surface area contributed by atoms with Crippen LogP contribution in [0.1, 0.15) is 10.5 Å². The van der Waals surface area contributed by atoms with Crippen LogP contribution in [-0.4, -0.2) is 15.9 Å². The van der Waals surface area contributed by atoms with E-state index in [0.29, 0.717) is 16.5 Å². The number of fused-ring (bicyclic) bond motifs is 1. The molecule has 6 heteroatoms. The predicted molar refractivity (Wildman–Crippen MR) is 72.8 cm³/mol. The Labute approximate surface area is 107 Å². The minimum Gasteiger partial charge on any atom is -0.399 e. The number of H-pyrrole nitrogens is 1. The second kappa shape index (κ2) is 4.15. The quantitative estimate of drug-likeness (QED) is 0.617. The fourth-order valence-electron chi connectivity index (χ4n) is 1.72. The van der Waals surface area contributed by atoms with Gasteiger partial charge in [-0.1, -0.05) is 0 Å². The molecule has 0 aliphatic carbocycles. The van der Waals surface area contributed by atoms with Crippen molar-refractivity contribution < 1.29 is 4.79 Å². The lowest BCUT2D eigenvalue weighted by molar-refractivity contribution is 0.102. The van der Waals surface area contributed by atoms with Gasteiger partial charge in [0.2, 0.25) is 0 Å². The molecular formula is C12H10N4OS. The summed E-state index contributed by atoms with van der Waals surface area (Å²) in [6.07, 6.45) is 1.65. The number of aromatic amines is 1. The van der Waals surface area contributed by atoms with Crippen molar-refractivity contribution >= 4 is 39.0 Å². The number of nitrogens with one attached hydrogen (secondary N) is 2. The van der Waals surface area contributed by atoms with E-state index in [0.717, 1.165) is 10.9 Å². The van der Waals surface area contributed by atoms with E-state index < -0.39 is 0 Å². The number of thiazole rings is 1. The van der Waals surface area contributed by atoms with E-state index in [4.69, 9.17) is 5.73 Å². The van der Waals surface area contributed by atoms with Gasteiger partial charge in [-0.15, -0.1) is 11.3 Å². The Bertz CT molecular complexity index is 702. The lowest BCUT2D eigenvalue weighted by atomic mass is 10.2. The third-order valence-electron chi connectivity index (χ3n) is 2.54. The Morgan fingerprint density at radius 1 is 1.39 bits per heavy atom. The van der Waals surface area contributed by atoms with Gasteiger partial charge >= 0.3 is 0 Å². The molecule has 3 aromatic rings. The monoisotopic (exact) mass is 258 g/mol. The predicted octanol–water partition coefficient (Wildman–Crippen LogP) is 2.46. The summed E-state index contributed by atoms with van der Waals surface area (Å²) < 4.78 is 0. The molecule has 4 N–H and O–H groups in total. The van der Waals surface area contributed by atoms with E-state index in [2.05, 4.69) is 15.3 Å². The van der Waals surface area contributed by atoms with Crippen LogP contribution in [0.15, 0.2) is 35.8 Å². The van der Waals surface area contributed by atoms with Crippen molar-refractivity contribution in [1.29, 1.82) is 0 Å². The summed E-state index contributed by atoms with van der Waals surface area (Å²) in [5, 5.41) is 6.02. The van der Waals surface area contributed by atoms with E-state index in [-0.39, 0.29) is 5.91 Å². The summed E-state index contributed by atoms with van der Waals surface area (Å²) >= 11 is 1.38. The van der Waals surface area contributed by atoms with E-state index in [1.807, 2.05) is 17.5 Å². The maximum absolute atomic E-state index is 12.0. The van der Waals surface area contributed by atoms with Gasteiger partial charge in [0, 0.05) is 28.2 Å². The first-order chi connectivity index (χ1) is 8.72. The molecular weight excluding hydrogens is 248 g/mol. The maximum atomic E-state index is 12.0. The molecule has 0 saturated heterocycles. The molecule has 3 rings (SSSR count). The number of rotatable bonds is 2. The summed E-state index contributed by atoms with van der Waals surface area (Å²) in [5.41, 5.74) is 7.74. The van der Waals surface area contributed by atoms with Crippen LogP contribution in [0.25, 0.3) is 10.9 Å².